The highest BCUT2D eigenvalue weighted by atomic mass is 79.9. The summed E-state index contributed by atoms with van der Waals surface area (Å²) in [6.45, 7) is 12.9. The molecule has 2 bridgehead atoms. The largest absolute Gasteiger partial charge is 0.465 e. The second-order valence-corrected chi connectivity index (χ2v) is 14.5. The van der Waals surface area contributed by atoms with Crippen LogP contribution in [0.3, 0.4) is 0 Å². The van der Waals surface area contributed by atoms with E-state index in [1.165, 1.54) is 0 Å². The normalized spacial score (nSPS) is 27.7. The number of allylic oxidation sites excluding steroid dienone is 1. The number of aryl methyl sites for hydroxylation is 2. The molecular formula is C33H45BrN2O5S. The number of aliphatic hydroxyl groups is 1. The van der Waals surface area contributed by atoms with E-state index >= 15 is 0 Å². The number of halogens is 1. The molecule has 1 aromatic rings. The first kappa shape index (κ1) is 32.8. The number of carbonyl (C=O) groups is 3. The molecule has 3 saturated heterocycles. The van der Waals surface area contributed by atoms with Gasteiger partial charge in [-0.2, -0.15) is 0 Å². The van der Waals surface area contributed by atoms with E-state index in [9.17, 15) is 19.5 Å². The van der Waals surface area contributed by atoms with Crippen LogP contribution in [0.15, 0.2) is 43.5 Å². The summed E-state index contributed by atoms with van der Waals surface area (Å²) in [6.07, 6.45) is 9.88. The molecule has 1 aromatic carbocycles. The molecule has 4 rings (SSSR count). The Morgan fingerprint density at radius 1 is 1.17 bits per heavy atom. The number of carbonyl (C=O) groups excluding carboxylic acids is 3. The van der Waals surface area contributed by atoms with E-state index in [4.69, 9.17) is 4.74 Å². The molecule has 1 N–H and O–H groups in total. The second kappa shape index (κ2) is 14.6. The van der Waals surface area contributed by atoms with Crippen molar-refractivity contribution in [1.29, 1.82) is 0 Å². The molecule has 0 saturated carbocycles. The Balaban J connectivity index is 1.68. The monoisotopic (exact) mass is 660 g/mol. The summed E-state index contributed by atoms with van der Waals surface area (Å²) in [5, 5.41) is 9.08. The molecule has 0 radical (unpaired) electrons. The van der Waals surface area contributed by atoms with Gasteiger partial charge >= 0.3 is 5.97 Å². The van der Waals surface area contributed by atoms with Gasteiger partial charge < -0.3 is 19.6 Å². The molecule has 1 spiro atoms. The maximum Gasteiger partial charge on any atom is 0.310 e. The van der Waals surface area contributed by atoms with Gasteiger partial charge in [-0.15, -0.1) is 24.9 Å². The predicted octanol–water partition coefficient (Wildman–Crippen LogP) is 5.74. The van der Waals surface area contributed by atoms with Gasteiger partial charge in [-0.25, -0.2) is 0 Å². The molecule has 7 nitrogen and oxygen atoms in total. The Hall–Kier alpha value is -2.10. The molecule has 42 heavy (non-hydrogen) atoms. The van der Waals surface area contributed by atoms with Crippen molar-refractivity contribution in [3.63, 3.8) is 0 Å². The Labute approximate surface area is 263 Å². The van der Waals surface area contributed by atoms with Gasteiger partial charge in [-0.05, 0) is 69.6 Å². The van der Waals surface area contributed by atoms with E-state index in [0.29, 0.717) is 32.5 Å². The van der Waals surface area contributed by atoms with Gasteiger partial charge in [0.1, 0.15) is 6.04 Å². The third-order valence-corrected chi connectivity index (χ3v) is 12.1. The fourth-order valence-corrected chi connectivity index (χ4v) is 10.5. The summed E-state index contributed by atoms with van der Waals surface area (Å²) in [5.41, 5.74) is 2.84. The molecule has 9 heteroatoms. The average molecular weight is 662 g/mol. The first-order chi connectivity index (χ1) is 20.2. The fraction of sp³-hybridized carbons (Fsp3) is 0.606. The standard InChI is InChI=1S/C33H45BrN2O5S/c1-5-7-8-13-19-41-32(40)26-27-30(38)36(17-11-9-10-12-18-37)29(33(27)21-24(34)28(26)42-33)31(39)35(16-6-2)25-20-22(3)14-15-23(25)4/h5-6,14-15,20,24,26-29,37H,1-2,7-13,16-19,21H2,3-4H3/t24?,26-,27+,28-,29?,33?/m1/s1. The zero-order chi connectivity index (χ0) is 30.4. The lowest BCUT2D eigenvalue weighted by atomic mass is 9.71. The number of ether oxygens (including phenoxy) is 1. The van der Waals surface area contributed by atoms with Crippen molar-refractivity contribution >= 4 is 51.2 Å². The summed E-state index contributed by atoms with van der Waals surface area (Å²) < 4.78 is 5.04. The molecule has 3 aliphatic heterocycles. The molecular weight excluding hydrogens is 616 g/mol. The maximum absolute atomic E-state index is 14.8. The highest BCUT2D eigenvalue weighted by Crippen LogP contribution is 2.68. The minimum atomic E-state index is -0.720. The summed E-state index contributed by atoms with van der Waals surface area (Å²) in [6, 6.07) is 5.35. The van der Waals surface area contributed by atoms with Crippen LogP contribution in [0.2, 0.25) is 0 Å². The van der Waals surface area contributed by atoms with Crippen LogP contribution in [0.25, 0.3) is 0 Å². The number of likely N-dealkylation sites (tertiary alicyclic amines) is 1. The quantitative estimate of drug-likeness (QED) is 0.105. The number of fused-ring (bicyclic) bond motifs is 1. The number of esters is 1. The van der Waals surface area contributed by atoms with E-state index in [1.807, 2.05) is 38.1 Å². The third kappa shape index (κ3) is 6.39. The van der Waals surface area contributed by atoms with Gasteiger partial charge in [-0.1, -0.05) is 53.1 Å². The van der Waals surface area contributed by atoms with Crippen molar-refractivity contribution in [1.82, 2.24) is 4.90 Å². The fourth-order valence-electron chi connectivity index (χ4n) is 6.92. The molecule has 6 atom stereocenters. The van der Waals surface area contributed by atoms with Crippen molar-refractivity contribution in [3.05, 3.63) is 54.6 Å². The van der Waals surface area contributed by atoms with Gasteiger partial charge in [0.15, 0.2) is 0 Å². The predicted molar refractivity (Wildman–Crippen MR) is 173 cm³/mol. The van der Waals surface area contributed by atoms with Crippen LogP contribution in [0.5, 0.6) is 0 Å². The van der Waals surface area contributed by atoms with Crippen LogP contribution in [0.4, 0.5) is 5.69 Å². The first-order valence-electron chi connectivity index (χ1n) is 15.2. The summed E-state index contributed by atoms with van der Waals surface area (Å²) in [7, 11) is 0. The number of amides is 2. The van der Waals surface area contributed by atoms with Gasteiger partial charge in [0.2, 0.25) is 5.91 Å². The maximum atomic E-state index is 14.8. The summed E-state index contributed by atoms with van der Waals surface area (Å²) >= 11 is 5.48. The van der Waals surface area contributed by atoms with Crippen LogP contribution in [-0.4, -0.2) is 75.0 Å². The number of benzene rings is 1. The highest BCUT2D eigenvalue weighted by molar-refractivity contribution is 9.09. The number of unbranched alkanes of at least 4 members (excludes halogenated alkanes) is 5. The summed E-state index contributed by atoms with van der Waals surface area (Å²) in [4.78, 5) is 46.2. The topological polar surface area (TPSA) is 87.2 Å². The lowest BCUT2D eigenvalue weighted by molar-refractivity contribution is -0.154. The van der Waals surface area contributed by atoms with E-state index in [1.54, 1.807) is 27.6 Å². The van der Waals surface area contributed by atoms with E-state index in [0.717, 1.165) is 55.3 Å². The number of aliphatic hydroxyl groups excluding tert-OH is 1. The van der Waals surface area contributed by atoms with Crippen LogP contribution in [0, 0.1) is 25.7 Å². The average Bonchev–Trinajstić information content (AvgIpc) is 3.55. The number of hydrogen-bond acceptors (Lipinski definition) is 6. The van der Waals surface area contributed by atoms with Gasteiger partial charge in [0.25, 0.3) is 5.91 Å². The highest BCUT2D eigenvalue weighted by Gasteiger charge is 2.76. The van der Waals surface area contributed by atoms with Crippen molar-refractivity contribution in [2.75, 3.05) is 31.2 Å². The van der Waals surface area contributed by atoms with Gasteiger partial charge in [0.05, 0.1) is 23.2 Å². The second-order valence-electron chi connectivity index (χ2n) is 11.8. The number of anilines is 1. The minimum Gasteiger partial charge on any atom is -0.465 e. The Bertz CT molecular complexity index is 1180. The van der Waals surface area contributed by atoms with Gasteiger partial charge in [0, 0.05) is 35.5 Å². The van der Waals surface area contributed by atoms with Crippen LogP contribution >= 0.6 is 27.7 Å². The lowest BCUT2D eigenvalue weighted by Gasteiger charge is -2.38. The number of thioether (sulfide) groups is 1. The number of nitrogens with zero attached hydrogens (tertiary/aromatic N) is 2. The van der Waals surface area contributed by atoms with Crippen LogP contribution in [-0.2, 0) is 19.1 Å². The van der Waals surface area contributed by atoms with Crippen LogP contribution < -0.4 is 4.90 Å². The molecule has 3 unspecified atom stereocenters. The minimum absolute atomic E-state index is 0.00164. The molecule has 3 heterocycles. The lowest BCUT2D eigenvalue weighted by Crippen LogP contribution is -2.55. The SMILES string of the molecule is C=CCCCCOC(=O)[C@H]1[C@@H]2SC3(CC2Br)C(C(=O)N(CC=C)c2cc(C)ccc2C)N(CCCCCCO)C(=O)[C@H]13. The number of alkyl halides is 1. The van der Waals surface area contributed by atoms with Crippen molar-refractivity contribution in [2.24, 2.45) is 11.8 Å². The smallest absolute Gasteiger partial charge is 0.310 e. The summed E-state index contributed by atoms with van der Waals surface area (Å²) in [5.74, 6) is -1.76. The number of rotatable bonds is 16. The molecule has 0 aliphatic carbocycles. The van der Waals surface area contributed by atoms with Crippen molar-refractivity contribution in [3.8, 4) is 0 Å². The Kier molecular flexibility index (Phi) is 11.4. The van der Waals surface area contributed by atoms with Crippen molar-refractivity contribution < 1.29 is 24.2 Å². The molecule has 0 aromatic heterocycles. The van der Waals surface area contributed by atoms with E-state index in [-0.39, 0.29) is 34.5 Å². The Morgan fingerprint density at radius 2 is 1.93 bits per heavy atom. The zero-order valence-corrected chi connectivity index (χ0v) is 27.3. The third-order valence-electron chi connectivity index (χ3n) is 8.88. The van der Waals surface area contributed by atoms with E-state index in [2.05, 4.69) is 29.1 Å². The zero-order valence-electron chi connectivity index (χ0n) is 24.9. The molecule has 2 amide bonds. The number of hydrogen-bond donors (Lipinski definition) is 1. The first-order valence-corrected chi connectivity index (χ1v) is 17.0. The van der Waals surface area contributed by atoms with Gasteiger partial charge in [-0.3, -0.25) is 14.4 Å². The van der Waals surface area contributed by atoms with Crippen LogP contribution in [0.1, 0.15) is 62.5 Å². The molecule has 3 fully saturated rings. The molecule has 3 aliphatic rings. The Morgan fingerprint density at radius 3 is 2.64 bits per heavy atom. The van der Waals surface area contributed by atoms with Crippen molar-refractivity contribution in [2.45, 2.75) is 86.1 Å². The van der Waals surface area contributed by atoms with E-state index < -0.39 is 22.6 Å². The molecule has 230 valence electrons.